The highest BCUT2D eigenvalue weighted by Gasteiger charge is 2.16. The molecular formula is C20H22N4O2S. The zero-order chi connectivity index (χ0) is 19.2. The summed E-state index contributed by atoms with van der Waals surface area (Å²) in [5.41, 5.74) is 2.02. The van der Waals surface area contributed by atoms with Crippen molar-refractivity contribution >= 4 is 18.1 Å². The lowest BCUT2D eigenvalue weighted by atomic mass is 10.1. The zero-order valence-electron chi connectivity index (χ0n) is 15.3. The second kappa shape index (κ2) is 8.64. The van der Waals surface area contributed by atoms with E-state index in [1.807, 2.05) is 66.1 Å². The molecule has 0 aliphatic carbocycles. The van der Waals surface area contributed by atoms with Gasteiger partial charge in [0.1, 0.15) is 11.6 Å². The van der Waals surface area contributed by atoms with Crippen molar-refractivity contribution < 1.29 is 9.53 Å². The molecule has 0 spiro atoms. The Morgan fingerprint density at radius 2 is 1.93 bits per heavy atom. The van der Waals surface area contributed by atoms with Crippen molar-refractivity contribution in [1.82, 2.24) is 20.1 Å². The highest BCUT2D eigenvalue weighted by atomic mass is 32.1. The average Bonchev–Trinajstić information content (AvgIpc) is 3.02. The summed E-state index contributed by atoms with van der Waals surface area (Å²) >= 11 is 5.32. The fourth-order valence-electron chi connectivity index (χ4n) is 2.95. The number of aromatic amines is 1. The van der Waals surface area contributed by atoms with Gasteiger partial charge in [0.25, 0.3) is 0 Å². The van der Waals surface area contributed by atoms with E-state index in [2.05, 4.69) is 15.5 Å². The van der Waals surface area contributed by atoms with E-state index < -0.39 is 0 Å². The van der Waals surface area contributed by atoms with E-state index in [4.69, 9.17) is 17.0 Å². The Bertz CT molecular complexity index is 965. The molecule has 0 aliphatic heterocycles. The summed E-state index contributed by atoms with van der Waals surface area (Å²) in [6.07, 6.45) is 0.138. The van der Waals surface area contributed by atoms with Gasteiger partial charge in [0.05, 0.1) is 26.1 Å². The topological polar surface area (TPSA) is 71.9 Å². The summed E-state index contributed by atoms with van der Waals surface area (Å²) in [4.78, 5) is 12.6. The van der Waals surface area contributed by atoms with Crippen molar-refractivity contribution in [1.29, 1.82) is 0 Å². The van der Waals surface area contributed by atoms with Gasteiger partial charge in [-0.1, -0.05) is 48.5 Å². The molecule has 6 nitrogen and oxygen atoms in total. The number of benzene rings is 2. The molecule has 7 heteroatoms. The second-order valence-corrected chi connectivity index (χ2v) is 6.61. The largest absolute Gasteiger partial charge is 0.496 e. The van der Waals surface area contributed by atoms with Crippen LogP contribution in [0.2, 0.25) is 0 Å². The number of hydrogen-bond acceptors (Lipinski definition) is 4. The number of hydrogen-bond donors (Lipinski definition) is 2. The van der Waals surface area contributed by atoms with Gasteiger partial charge >= 0.3 is 0 Å². The van der Waals surface area contributed by atoms with E-state index >= 15 is 0 Å². The van der Waals surface area contributed by atoms with E-state index in [1.54, 1.807) is 7.11 Å². The molecule has 27 heavy (non-hydrogen) atoms. The SMILES string of the molecule is COc1ccccc1C(C)NC(=O)Cc1n[nH]c(=S)n1Cc1ccccc1. The van der Waals surface area contributed by atoms with Crippen LogP contribution in [0.3, 0.4) is 0 Å². The van der Waals surface area contributed by atoms with Crippen LogP contribution in [-0.4, -0.2) is 27.8 Å². The number of carbonyl (C=O) groups excluding carboxylic acids is 1. The van der Waals surface area contributed by atoms with Crippen LogP contribution >= 0.6 is 12.2 Å². The van der Waals surface area contributed by atoms with Gasteiger partial charge in [-0.25, -0.2) is 0 Å². The molecule has 0 saturated heterocycles. The van der Waals surface area contributed by atoms with Gasteiger partial charge in [-0.05, 0) is 30.8 Å². The number of rotatable bonds is 7. The standard InChI is InChI=1S/C20H22N4O2S/c1-14(16-10-6-7-11-17(16)26-2)21-19(25)12-18-22-23-20(27)24(18)13-15-8-4-3-5-9-15/h3-11,14H,12-13H2,1-2H3,(H,21,25)(H,23,27). The number of aromatic nitrogens is 3. The lowest BCUT2D eigenvalue weighted by Crippen LogP contribution is -2.29. The Balaban J connectivity index is 1.70. The molecule has 140 valence electrons. The second-order valence-electron chi connectivity index (χ2n) is 6.22. The van der Waals surface area contributed by atoms with Crippen LogP contribution in [0.25, 0.3) is 0 Å². The molecule has 0 bridgehead atoms. The maximum absolute atomic E-state index is 12.6. The fraction of sp³-hybridized carbons (Fsp3) is 0.250. The summed E-state index contributed by atoms with van der Waals surface area (Å²) < 4.78 is 7.71. The summed E-state index contributed by atoms with van der Waals surface area (Å²) in [5, 5.41) is 10.0. The number of H-pyrrole nitrogens is 1. The van der Waals surface area contributed by atoms with E-state index in [9.17, 15) is 4.79 Å². The van der Waals surface area contributed by atoms with Gasteiger partial charge in [0, 0.05) is 5.56 Å². The lowest BCUT2D eigenvalue weighted by molar-refractivity contribution is -0.121. The molecule has 1 unspecified atom stereocenters. The third-order valence-corrected chi connectivity index (χ3v) is 4.63. The van der Waals surface area contributed by atoms with Gasteiger partial charge in [-0.15, -0.1) is 0 Å². The molecule has 0 fully saturated rings. The van der Waals surface area contributed by atoms with Crippen molar-refractivity contribution in [2.24, 2.45) is 0 Å². The molecule has 3 aromatic rings. The Morgan fingerprint density at radius 3 is 2.67 bits per heavy atom. The van der Waals surface area contributed by atoms with E-state index in [1.165, 1.54) is 0 Å². The first-order valence-electron chi connectivity index (χ1n) is 8.68. The number of nitrogens with one attached hydrogen (secondary N) is 2. The third-order valence-electron chi connectivity index (χ3n) is 4.32. The van der Waals surface area contributed by atoms with E-state index in [-0.39, 0.29) is 18.4 Å². The quantitative estimate of drug-likeness (QED) is 0.614. The molecule has 1 heterocycles. The van der Waals surface area contributed by atoms with Crippen LogP contribution in [-0.2, 0) is 17.8 Å². The molecule has 1 aromatic heterocycles. The molecule has 1 amide bonds. The van der Waals surface area contributed by atoms with Gasteiger partial charge in [0.15, 0.2) is 4.77 Å². The first kappa shape index (κ1) is 18.8. The lowest BCUT2D eigenvalue weighted by Gasteiger charge is -2.17. The normalized spacial score (nSPS) is 11.8. The van der Waals surface area contributed by atoms with Crippen LogP contribution in [0.5, 0.6) is 5.75 Å². The Kier molecular flexibility index (Phi) is 6.03. The van der Waals surface area contributed by atoms with Gasteiger partial charge < -0.3 is 10.1 Å². The molecular weight excluding hydrogens is 360 g/mol. The molecule has 0 aliphatic rings. The van der Waals surface area contributed by atoms with Gasteiger partial charge in [-0.2, -0.15) is 5.10 Å². The van der Waals surface area contributed by atoms with Crippen LogP contribution in [0.4, 0.5) is 0 Å². The molecule has 2 aromatic carbocycles. The Hall–Kier alpha value is -2.93. The van der Waals surface area contributed by atoms with Crippen molar-refractivity contribution in [2.75, 3.05) is 7.11 Å². The summed E-state index contributed by atoms with van der Waals surface area (Å²) in [6, 6.07) is 17.4. The maximum atomic E-state index is 12.6. The number of amides is 1. The molecule has 1 atom stereocenters. The zero-order valence-corrected chi connectivity index (χ0v) is 16.1. The highest BCUT2D eigenvalue weighted by Crippen LogP contribution is 2.24. The first-order valence-corrected chi connectivity index (χ1v) is 9.09. The van der Waals surface area contributed by atoms with Crippen LogP contribution < -0.4 is 10.1 Å². The molecule has 2 N–H and O–H groups in total. The van der Waals surface area contributed by atoms with Crippen LogP contribution in [0.15, 0.2) is 54.6 Å². The number of ether oxygens (including phenoxy) is 1. The number of nitrogens with zero attached hydrogens (tertiary/aromatic N) is 2. The molecule has 0 radical (unpaired) electrons. The minimum Gasteiger partial charge on any atom is -0.496 e. The monoisotopic (exact) mass is 382 g/mol. The van der Waals surface area contributed by atoms with Crippen molar-refractivity contribution in [3.8, 4) is 5.75 Å². The Morgan fingerprint density at radius 1 is 1.22 bits per heavy atom. The smallest absolute Gasteiger partial charge is 0.228 e. The number of carbonyl (C=O) groups is 1. The van der Waals surface area contributed by atoms with Crippen molar-refractivity contribution in [3.63, 3.8) is 0 Å². The number of para-hydroxylation sites is 1. The average molecular weight is 382 g/mol. The summed E-state index contributed by atoms with van der Waals surface area (Å²) in [6.45, 7) is 2.50. The van der Waals surface area contributed by atoms with E-state index in [0.717, 1.165) is 16.9 Å². The predicted molar refractivity (Wildman–Crippen MR) is 106 cm³/mol. The maximum Gasteiger partial charge on any atom is 0.228 e. The number of methoxy groups -OCH3 is 1. The predicted octanol–water partition coefficient (Wildman–Crippen LogP) is 3.42. The Labute approximate surface area is 163 Å². The minimum atomic E-state index is -0.182. The van der Waals surface area contributed by atoms with Crippen LogP contribution in [0.1, 0.15) is 29.9 Å². The van der Waals surface area contributed by atoms with Gasteiger partial charge in [-0.3, -0.25) is 14.5 Å². The molecule has 0 saturated carbocycles. The van der Waals surface area contributed by atoms with Crippen molar-refractivity contribution in [3.05, 3.63) is 76.3 Å². The molecule has 3 rings (SSSR count). The van der Waals surface area contributed by atoms with Gasteiger partial charge in [0.2, 0.25) is 5.91 Å². The van der Waals surface area contributed by atoms with Crippen LogP contribution in [0, 0.1) is 4.77 Å². The fourth-order valence-corrected chi connectivity index (χ4v) is 3.17. The first-order chi connectivity index (χ1) is 13.1. The minimum absolute atomic E-state index is 0.128. The van der Waals surface area contributed by atoms with E-state index in [0.29, 0.717) is 17.1 Å². The summed E-state index contributed by atoms with van der Waals surface area (Å²) in [5.74, 6) is 1.22. The van der Waals surface area contributed by atoms with Crippen molar-refractivity contribution in [2.45, 2.75) is 25.9 Å². The summed E-state index contributed by atoms with van der Waals surface area (Å²) in [7, 11) is 1.62. The highest BCUT2D eigenvalue weighted by molar-refractivity contribution is 7.71. The third kappa shape index (κ3) is 4.62.